The molecule has 3 nitrogen and oxygen atoms in total. The normalized spacial score (nSPS) is 15.6. The lowest BCUT2D eigenvalue weighted by Gasteiger charge is -2.31. The van der Waals surface area contributed by atoms with Crippen molar-refractivity contribution in [1.82, 2.24) is 10.2 Å². The first kappa shape index (κ1) is 14.9. The summed E-state index contributed by atoms with van der Waals surface area (Å²) in [5.74, 6) is 0. The van der Waals surface area contributed by atoms with Crippen molar-refractivity contribution >= 4 is 0 Å². The van der Waals surface area contributed by atoms with Gasteiger partial charge >= 0.3 is 0 Å². The molecule has 0 aliphatic heterocycles. The number of nitrogens with one attached hydrogen (secondary N) is 1. The van der Waals surface area contributed by atoms with Gasteiger partial charge < -0.3 is 15.3 Å². The van der Waals surface area contributed by atoms with Crippen LogP contribution in [0.3, 0.4) is 0 Å². The maximum atomic E-state index is 9.37. The zero-order valence-corrected chi connectivity index (χ0v) is 10.8. The highest BCUT2D eigenvalue weighted by Gasteiger charge is 2.24. The van der Waals surface area contributed by atoms with Gasteiger partial charge in [-0.25, -0.2) is 0 Å². The molecule has 0 fully saturated rings. The first-order valence-electron chi connectivity index (χ1n) is 6.12. The fourth-order valence-corrected chi connectivity index (χ4v) is 1.93. The van der Waals surface area contributed by atoms with Crippen molar-refractivity contribution in [2.45, 2.75) is 45.1 Å². The Bertz CT molecular complexity index is 138. The fourth-order valence-electron chi connectivity index (χ4n) is 1.93. The van der Waals surface area contributed by atoms with Crippen molar-refractivity contribution in [1.29, 1.82) is 0 Å². The van der Waals surface area contributed by atoms with Crippen LogP contribution in [-0.2, 0) is 0 Å². The van der Waals surface area contributed by atoms with Crippen LogP contribution in [0.25, 0.3) is 0 Å². The predicted molar refractivity (Wildman–Crippen MR) is 66.2 cm³/mol. The summed E-state index contributed by atoms with van der Waals surface area (Å²) in [5, 5.41) is 12.6. The minimum atomic E-state index is -0.0624. The molecule has 0 amide bonds. The van der Waals surface area contributed by atoms with Gasteiger partial charge in [0.05, 0.1) is 6.61 Å². The van der Waals surface area contributed by atoms with Crippen LogP contribution in [0, 0.1) is 0 Å². The van der Waals surface area contributed by atoms with Gasteiger partial charge in [0.1, 0.15) is 0 Å². The van der Waals surface area contributed by atoms with Gasteiger partial charge in [0.25, 0.3) is 0 Å². The summed E-state index contributed by atoms with van der Waals surface area (Å²) < 4.78 is 0. The van der Waals surface area contributed by atoms with Crippen LogP contribution >= 0.6 is 0 Å². The molecule has 1 atom stereocenters. The second kappa shape index (κ2) is 8.08. The molecule has 0 rings (SSSR count). The van der Waals surface area contributed by atoms with E-state index in [1.54, 1.807) is 0 Å². The Kier molecular flexibility index (Phi) is 8.02. The predicted octanol–water partition coefficient (Wildman–Crippen LogP) is 1.47. The molecule has 0 aromatic heterocycles. The molecule has 0 aliphatic carbocycles. The second-order valence-electron chi connectivity index (χ2n) is 4.45. The highest BCUT2D eigenvalue weighted by molar-refractivity contribution is 4.84. The van der Waals surface area contributed by atoms with E-state index in [1.807, 2.05) is 7.05 Å². The largest absolute Gasteiger partial charge is 0.394 e. The highest BCUT2D eigenvalue weighted by atomic mass is 16.3. The minimum Gasteiger partial charge on any atom is -0.394 e. The molecule has 0 radical (unpaired) electrons. The smallest absolute Gasteiger partial charge is 0.0613 e. The Morgan fingerprint density at radius 2 is 1.93 bits per heavy atom. The van der Waals surface area contributed by atoms with E-state index in [9.17, 15) is 5.11 Å². The van der Waals surface area contributed by atoms with E-state index in [0.717, 1.165) is 32.4 Å². The number of aliphatic hydroxyl groups excluding tert-OH is 1. The number of likely N-dealkylation sites (N-methyl/N-ethyl adjacent to an activating group) is 1. The Morgan fingerprint density at radius 3 is 2.33 bits per heavy atom. The standard InChI is InChI=1S/C12H28N2O/c1-5-9-14(4)10-7-8-12(6-2,11-15)13-3/h13,15H,5-11H2,1-4H3. The summed E-state index contributed by atoms with van der Waals surface area (Å²) in [6.07, 6.45) is 4.38. The molecule has 0 aromatic carbocycles. The van der Waals surface area contributed by atoms with Crippen LogP contribution in [0.5, 0.6) is 0 Å². The third-order valence-electron chi connectivity index (χ3n) is 3.31. The first-order chi connectivity index (χ1) is 7.14. The molecule has 0 bridgehead atoms. The summed E-state index contributed by atoms with van der Waals surface area (Å²) in [4.78, 5) is 2.35. The topological polar surface area (TPSA) is 35.5 Å². The van der Waals surface area contributed by atoms with Crippen molar-refractivity contribution in [3.05, 3.63) is 0 Å². The third kappa shape index (κ3) is 5.50. The lowest BCUT2D eigenvalue weighted by Crippen LogP contribution is -2.46. The van der Waals surface area contributed by atoms with E-state index in [4.69, 9.17) is 0 Å². The van der Waals surface area contributed by atoms with Crippen molar-refractivity contribution in [3.8, 4) is 0 Å². The van der Waals surface area contributed by atoms with Gasteiger partial charge in [-0.15, -0.1) is 0 Å². The Balaban J connectivity index is 3.80. The van der Waals surface area contributed by atoms with Crippen LogP contribution in [0.1, 0.15) is 39.5 Å². The Hall–Kier alpha value is -0.120. The molecule has 92 valence electrons. The quantitative estimate of drug-likeness (QED) is 0.612. The number of hydrogen-bond acceptors (Lipinski definition) is 3. The molecule has 15 heavy (non-hydrogen) atoms. The summed E-state index contributed by atoms with van der Waals surface area (Å²) in [6.45, 7) is 6.85. The zero-order valence-electron chi connectivity index (χ0n) is 10.8. The van der Waals surface area contributed by atoms with Gasteiger partial charge in [-0.2, -0.15) is 0 Å². The lowest BCUT2D eigenvalue weighted by atomic mass is 9.91. The van der Waals surface area contributed by atoms with E-state index in [0.29, 0.717) is 0 Å². The first-order valence-corrected chi connectivity index (χ1v) is 6.12. The fraction of sp³-hybridized carbons (Fsp3) is 1.00. The molecule has 0 heterocycles. The molecule has 0 saturated carbocycles. The third-order valence-corrected chi connectivity index (χ3v) is 3.31. The molecular weight excluding hydrogens is 188 g/mol. The van der Waals surface area contributed by atoms with E-state index in [-0.39, 0.29) is 12.1 Å². The minimum absolute atomic E-state index is 0.0624. The van der Waals surface area contributed by atoms with Crippen molar-refractivity contribution < 1.29 is 5.11 Å². The van der Waals surface area contributed by atoms with Crippen LogP contribution < -0.4 is 5.32 Å². The van der Waals surface area contributed by atoms with Gasteiger partial charge in [0.15, 0.2) is 0 Å². The van der Waals surface area contributed by atoms with E-state index in [2.05, 4.69) is 31.1 Å². The summed E-state index contributed by atoms with van der Waals surface area (Å²) in [6, 6.07) is 0. The van der Waals surface area contributed by atoms with Crippen molar-refractivity contribution in [2.75, 3.05) is 33.8 Å². The average Bonchev–Trinajstić information content (AvgIpc) is 2.25. The molecule has 0 aromatic rings. The molecule has 0 spiro atoms. The zero-order chi connectivity index (χ0) is 11.7. The molecular formula is C12H28N2O. The second-order valence-corrected chi connectivity index (χ2v) is 4.45. The van der Waals surface area contributed by atoms with E-state index >= 15 is 0 Å². The maximum Gasteiger partial charge on any atom is 0.0613 e. The van der Waals surface area contributed by atoms with Crippen molar-refractivity contribution in [2.24, 2.45) is 0 Å². The van der Waals surface area contributed by atoms with E-state index < -0.39 is 0 Å². The number of rotatable bonds is 9. The van der Waals surface area contributed by atoms with Crippen LogP contribution in [-0.4, -0.2) is 49.3 Å². The Labute approximate surface area is 94.9 Å². The van der Waals surface area contributed by atoms with Gasteiger partial charge in [-0.1, -0.05) is 13.8 Å². The lowest BCUT2D eigenvalue weighted by molar-refractivity contribution is 0.148. The average molecular weight is 216 g/mol. The van der Waals surface area contributed by atoms with E-state index in [1.165, 1.54) is 6.42 Å². The monoisotopic (exact) mass is 216 g/mol. The van der Waals surface area contributed by atoms with Crippen LogP contribution in [0.2, 0.25) is 0 Å². The van der Waals surface area contributed by atoms with Gasteiger partial charge in [-0.05, 0) is 52.9 Å². The SMILES string of the molecule is CCCN(C)CCCC(CC)(CO)NC. The molecule has 1 unspecified atom stereocenters. The van der Waals surface area contributed by atoms with Gasteiger partial charge in [-0.3, -0.25) is 0 Å². The highest BCUT2D eigenvalue weighted by Crippen LogP contribution is 2.16. The molecule has 3 heteroatoms. The van der Waals surface area contributed by atoms with Gasteiger partial charge in [0.2, 0.25) is 0 Å². The van der Waals surface area contributed by atoms with Crippen molar-refractivity contribution in [3.63, 3.8) is 0 Å². The van der Waals surface area contributed by atoms with Crippen LogP contribution in [0.15, 0.2) is 0 Å². The van der Waals surface area contributed by atoms with Crippen LogP contribution in [0.4, 0.5) is 0 Å². The summed E-state index contributed by atoms with van der Waals surface area (Å²) in [5.41, 5.74) is -0.0624. The number of hydrogen-bond donors (Lipinski definition) is 2. The maximum absolute atomic E-state index is 9.37. The van der Waals surface area contributed by atoms with Gasteiger partial charge in [0, 0.05) is 5.54 Å². The Morgan fingerprint density at radius 1 is 1.27 bits per heavy atom. The number of aliphatic hydroxyl groups is 1. The summed E-state index contributed by atoms with van der Waals surface area (Å²) >= 11 is 0. The molecule has 2 N–H and O–H groups in total. The molecule has 0 saturated heterocycles. The molecule has 0 aliphatic rings. The number of nitrogens with zero attached hydrogens (tertiary/aromatic N) is 1. The summed E-state index contributed by atoms with van der Waals surface area (Å²) in [7, 11) is 4.10.